The van der Waals surface area contributed by atoms with E-state index in [1.165, 1.54) is 0 Å². The zero-order valence-electron chi connectivity index (χ0n) is 10.3. The minimum absolute atomic E-state index is 0.0694. The van der Waals surface area contributed by atoms with Gasteiger partial charge in [0.1, 0.15) is 0 Å². The highest BCUT2D eigenvalue weighted by Crippen LogP contribution is 2.14. The summed E-state index contributed by atoms with van der Waals surface area (Å²) < 4.78 is 0.881. The molecule has 2 aromatic heterocycles. The molecule has 0 spiro atoms. The van der Waals surface area contributed by atoms with Gasteiger partial charge >= 0.3 is 0 Å². The predicted octanol–water partition coefficient (Wildman–Crippen LogP) is 3.28. The molecule has 2 aromatic rings. The van der Waals surface area contributed by atoms with Crippen LogP contribution < -0.4 is 0 Å². The van der Waals surface area contributed by atoms with Crippen LogP contribution in [-0.2, 0) is 6.42 Å². The highest BCUT2D eigenvalue weighted by atomic mass is 79.9. The van der Waals surface area contributed by atoms with Gasteiger partial charge in [0.05, 0.1) is 0 Å². The maximum absolute atomic E-state index is 12.2. The summed E-state index contributed by atoms with van der Waals surface area (Å²) >= 11 is 3.35. The average molecular weight is 305 g/mol. The first-order valence-corrected chi connectivity index (χ1v) is 6.42. The van der Waals surface area contributed by atoms with Crippen LogP contribution in [0.2, 0.25) is 0 Å². The molecular formula is C14H13BrN2O. The molecule has 0 aliphatic rings. The third-order valence-corrected chi connectivity index (χ3v) is 3.09. The monoisotopic (exact) mass is 304 g/mol. The van der Waals surface area contributed by atoms with E-state index < -0.39 is 0 Å². The molecule has 0 fully saturated rings. The van der Waals surface area contributed by atoms with Crippen molar-refractivity contribution >= 4 is 21.7 Å². The van der Waals surface area contributed by atoms with Crippen molar-refractivity contribution in [1.82, 2.24) is 9.97 Å². The molecule has 0 saturated carbocycles. The van der Waals surface area contributed by atoms with Crippen molar-refractivity contribution in [3.8, 4) is 0 Å². The average Bonchev–Trinajstić information content (AvgIpc) is 2.28. The lowest BCUT2D eigenvalue weighted by molar-refractivity contribution is 0.0992. The van der Waals surface area contributed by atoms with Gasteiger partial charge in [0, 0.05) is 40.2 Å². The Balaban J connectivity index is 2.22. The number of halogens is 1. The van der Waals surface area contributed by atoms with Crippen molar-refractivity contribution in [2.24, 2.45) is 0 Å². The van der Waals surface area contributed by atoms with Gasteiger partial charge < -0.3 is 0 Å². The number of ketones is 1. The third kappa shape index (κ3) is 3.01. The van der Waals surface area contributed by atoms with Gasteiger partial charge in [-0.05, 0) is 53.5 Å². The SMILES string of the molecule is Cc1ccc(C(=O)Cc2cncc(Br)c2)c(C)n1. The zero-order chi connectivity index (χ0) is 13.1. The van der Waals surface area contributed by atoms with Gasteiger partial charge in [-0.3, -0.25) is 14.8 Å². The molecule has 0 bridgehead atoms. The second kappa shape index (κ2) is 5.40. The molecule has 0 atom stereocenters. The van der Waals surface area contributed by atoms with Crippen LogP contribution in [0.3, 0.4) is 0 Å². The Bertz CT molecular complexity index is 596. The van der Waals surface area contributed by atoms with Gasteiger partial charge in [0.15, 0.2) is 5.78 Å². The van der Waals surface area contributed by atoms with E-state index in [4.69, 9.17) is 0 Å². The third-order valence-electron chi connectivity index (χ3n) is 2.65. The van der Waals surface area contributed by atoms with Gasteiger partial charge in [0.25, 0.3) is 0 Å². The minimum Gasteiger partial charge on any atom is -0.294 e. The summed E-state index contributed by atoms with van der Waals surface area (Å²) in [5.41, 5.74) is 3.28. The summed E-state index contributed by atoms with van der Waals surface area (Å²) in [6.07, 6.45) is 3.75. The van der Waals surface area contributed by atoms with Gasteiger partial charge in [-0.25, -0.2) is 0 Å². The summed E-state index contributed by atoms with van der Waals surface area (Å²) in [7, 11) is 0. The Labute approximate surface area is 114 Å². The smallest absolute Gasteiger partial charge is 0.169 e. The van der Waals surface area contributed by atoms with Crippen LogP contribution in [0.5, 0.6) is 0 Å². The molecule has 0 saturated heterocycles. The Hall–Kier alpha value is -1.55. The van der Waals surface area contributed by atoms with Crippen molar-refractivity contribution in [2.75, 3.05) is 0 Å². The minimum atomic E-state index is 0.0694. The Morgan fingerprint density at radius 3 is 2.72 bits per heavy atom. The van der Waals surface area contributed by atoms with Gasteiger partial charge in [-0.15, -0.1) is 0 Å². The lowest BCUT2D eigenvalue weighted by Gasteiger charge is -2.05. The first kappa shape index (κ1) is 12.9. The van der Waals surface area contributed by atoms with E-state index in [1.54, 1.807) is 12.4 Å². The van der Waals surface area contributed by atoms with Crippen molar-refractivity contribution in [3.63, 3.8) is 0 Å². The number of carbonyl (C=O) groups is 1. The van der Waals surface area contributed by atoms with Crippen LogP contribution in [0.15, 0.2) is 35.1 Å². The molecule has 0 aliphatic carbocycles. The van der Waals surface area contributed by atoms with Crippen LogP contribution in [0.4, 0.5) is 0 Å². The van der Waals surface area contributed by atoms with Crippen molar-refractivity contribution < 1.29 is 4.79 Å². The molecule has 0 unspecified atom stereocenters. The lowest BCUT2D eigenvalue weighted by Crippen LogP contribution is -2.07. The summed E-state index contributed by atoms with van der Waals surface area (Å²) in [5.74, 6) is 0.0694. The van der Waals surface area contributed by atoms with Gasteiger partial charge in [-0.1, -0.05) is 0 Å². The summed E-state index contributed by atoms with van der Waals surface area (Å²) in [5, 5.41) is 0. The van der Waals surface area contributed by atoms with Crippen LogP contribution in [0.1, 0.15) is 27.3 Å². The van der Waals surface area contributed by atoms with E-state index in [1.807, 2.05) is 32.0 Å². The fourth-order valence-corrected chi connectivity index (χ4v) is 2.23. The zero-order valence-corrected chi connectivity index (χ0v) is 11.9. The molecule has 18 heavy (non-hydrogen) atoms. The van der Waals surface area contributed by atoms with E-state index in [9.17, 15) is 4.79 Å². The quantitative estimate of drug-likeness (QED) is 0.817. The van der Waals surface area contributed by atoms with E-state index in [0.717, 1.165) is 21.4 Å². The second-order valence-corrected chi connectivity index (χ2v) is 5.11. The maximum atomic E-state index is 12.2. The van der Waals surface area contributed by atoms with Gasteiger partial charge in [0.2, 0.25) is 0 Å². The van der Waals surface area contributed by atoms with Crippen LogP contribution in [0.25, 0.3) is 0 Å². The number of Topliss-reactive ketones (excluding diaryl/α,β-unsaturated/α-hetero) is 1. The molecule has 0 amide bonds. The number of pyridine rings is 2. The molecule has 92 valence electrons. The first-order valence-electron chi connectivity index (χ1n) is 5.63. The normalized spacial score (nSPS) is 10.4. The number of nitrogens with zero attached hydrogens (tertiary/aromatic N) is 2. The molecule has 2 heterocycles. The van der Waals surface area contributed by atoms with Crippen molar-refractivity contribution in [1.29, 1.82) is 0 Å². The largest absolute Gasteiger partial charge is 0.294 e. The molecule has 2 rings (SSSR count). The van der Waals surface area contributed by atoms with E-state index >= 15 is 0 Å². The second-order valence-electron chi connectivity index (χ2n) is 4.20. The molecule has 3 nitrogen and oxygen atoms in total. The van der Waals surface area contributed by atoms with Crippen LogP contribution >= 0.6 is 15.9 Å². The highest BCUT2D eigenvalue weighted by Gasteiger charge is 2.11. The number of aromatic nitrogens is 2. The number of carbonyl (C=O) groups excluding carboxylic acids is 1. The van der Waals surface area contributed by atoms with E-state index in [0.29, 0.717) is 12.0 Å². The van der Waals surface area contributed by atoms with Crippen LogP contribution in [0, 0.1) is 13.8 Å². The first-order chi connectivity index (χ1) is 8.56. The molecule has 4 heteroatoms. The predicted molar refractivity (Wildman–Crippen MR) is 73.7 cm³/mol. The Morgan fingerprint density at radius 1 is 1.28 bits per heavy atom. The number of hydrogen-bond donors (Lipinski definition) is 0. The maximum Gasteiger partial charge on any atom is 0.169 e. The standard InChI is InChI=1S/C14H13BrN2O/c1-9-3-4-13(10(2)17-9)14(18)6-11-5-12(15)8-16-7-11/h3-5,7-8H,6H2,1-2H3. The summed E-state index contributed by atoms with van der Waals surface area (Å²) in [6.45, 7) is 3.78. The fourth-order valence-electron chi connectivity index (χ4n) is 1.81. The Morgan fingerprint density at radius 2 is 2.06 bits per heavy atom. The Kier molecular flexibility index (Phi) is 3.87. The summed E-state index contributed by atoms with van der Waals surface area (Å²) in [4.78, 5) is 20.5. The number of rotatable bonds is 3. The number of aryl methyl sites for hydroxylation is 2. The van der Waals surface area contributed by atoms with E-state index in [2.05, 4.69) is 25.9 Å². The van der Waals surface area contributed by atoms with Crippen molar-refractivity contribution in [2.45, 2.75) is 20.3 Å². The molecule has 0 radical (unpaired) electrons. The molecule has 0 aliphatic heterocycles. The highest BCUT2D eigenvalue weighted by molar-refractivity contribution is 9.10. The fraction of sp³-hybridized carbons (Fsp3) is 0.214. The molecular weight excluding hydrogens is 292 g/mol. The molecule has 0 aromatic carbocycles. The van der Waals surface area contributed by atoms with E-state index in [-0.39, 0.29) is 5.78 Å². The topological polar surface area (TPSA) is 42.9 Å². The lowest BCUT2D eigenvalue weighted by atomic mass is 10.0. The summed E-state index contributed by atoms with van der Waals surface area (Å²) in [6, 6.07) is 5.60. The molecule has 0 N–H and O–H groups in total. The van der Waals surface area contributed by atoms with Crippen molar-refractivity contribution in [3.05, 3.63) is 57.6 Å². The number of hydrogen-bond acceptors (Lipinski definition) is 3. The van der Waals surface area contributed by atoms with Crippen LogP contribution in [-0.4, -0.2) is 15.8 Å². The van der Waals surface area contributed by atoms with Gasteiger partial charge in [-0.2, -0.15) is 0 Å².